The van der Waals surface area contributed by atoms with E-state index >= 15 is 0 Å². The average molecular weight is 492 g/mol. The van der Waals surface area contributed by atoms with Gasteiger partial charge >= 0.3 is 35.6 Å². The number of aromatic hydroxyl groups is 1. The molecule has 0 saturated heterocycles. The van der Waals surface area contributed by atoms with Crippen molar-refractivity contribution in [3.8, 4) is 5.75 Å². The number of halogens is 1. The summed E-state index contributed by atoms with van der Waals surface area (Å²) < 4.78 is 1.22. The minimum absolute atomic E-state index is 0. The van der Waals surface area contributed by atoms with Crippen molar-refractivity contribution in [2.45, 2.75) is 25.8 Å². The number of carboxylic acid groups (broad SMARTS) is 1. The van der Waals surface area contributed by atoms with Crippen molar-refractivity contribution in [2.24, 2.45) is 7.05 Å². The first-order valence-electron chi connectivity index (χ1n) is 10.1. The van der Waals surface area contributed by atoms with Crippen molar-refractivity contribution in [1.29, 1.82) is 0 Å². The standard InChI is InChI=1S/C24H24ClN3O5.Na/c1-14-13-28(2)23(32)21(22(14)31)27-24(33)26-19(12-20(29)30)16-9-7-15(8-10-16)11-17-5-3-4-6-18(17)25;/h3-10,13,19,31H,11-12H2,1-2H3,(H,29,30)(H2,26,27,33);/q;+1/p-1/t19-;/m0./s1. The average Bonchev–Trinajstić information content (AvgIpc) is 2.77. The van der Waals surface area contributed by atoms with Crippen LogP contribution in [0.15, 0.2) is 59.5 Å². The van der Waals surface area contributed by atoms with Crippen LogP contribution in [-0.2, 0) is 18.3 Å². The number of rotatable bonds is 7. The number of pyridine rings is 1. The number of nitrogens with one attached hydrogen (secondary N) is 2. The largest absolute Gasteiger partial charge is 1.00 e. The molecule has 0 radical (unpaired) electrons. The Kier molecular flexibility index (Phi) is 9.76. The Hall–Kier alpha value is -2.78. The first-order valence-corrected chi connectivity index (χ1v) is 10.5. The number of urea groups is 1. The fourth-order valence-corrected chi connectivity index (χ4v) is 3.66. The second kappa shape index (κ2) is 12.1. The Balaban J connectivity index is 0.00000408. The van der Waals surface area contributed by atoms with Gasteiger partial charge < -0.3 is 30.2 Å². The van der Waals surface area contributed by atoms with Crippen molar-refractivity contribution < 1.29 is 49.4 Å². The fraction of sp³-hybridized carbons (Fsp3) is 0.208. The van der Waals surface area contributed by atoms with Crippen LogP contribution in [0.1, 0.15) is 34.7 Å². The number of hydrogen-bond donors (Lipinski definition) is 3. The minimum Gasteiger partial charge on any atom is -0.550 e. The molecule has 1 atom stereocenters. The van der Waals surface area contributed by atoms with Crippen LogP contribution in [0, 0.1) is 6.92 Å². The molecule has 0 spiro atoms. The number of anilines is 1. The van der Waals surface area contributed by atoms with Gasteiger partial charge in [0.2, 0.25) is 0 Å². The van der Waals surface area contributed by atoms with E-state index < -0.39 is 30.0 Å². The number of aliphatic carboxylic acids is 1. The number of hydrogen-bond acceptors (Lipinski definition) is 5. The van der Waals surface area contributed by atoms with Crippen molar-refractivity contribution in [3.05, 3.63) is 92.4 Å². The van der Waals surface area contributed by atoms with Gasteiger partial charge in [0, 0.05) is 36.2 Å². The van der Waals surface area contributed by atoms with Gasteiger partial charge in [0.25, 0.3) is 5.56 Å². The molecular weight excluding hydrogens is 469 g/mol. The monoisotopic (exact) mass is 491 g/mol. The van der Waals surface area contributed by atoms with E-state index in [0.29, 0.717) is 22.6 Å². The maximum Gasteiger partial charge on any atom is 1.00 e. The molecule has 0 fully saturated rings. The van der Waals surface area contributed by atoms with Crippen LogP contribution in [0.4, 0.5) is 10.5 Å². The Labute approximate surface area is 223 Å². The number of aryl methyl sites for hydroxylation is 2. The molecule has 8 nitrogen and oxygen atoms in total. The molecule has 0 aliphatic heterocycles. The van der Waals surface area contributed by atoms with Gasteiger partial charge in [-0.2, -0.15) is 0 Å². The molecule has 1 aromatic heterocycles. The van der Waals surface area contributed by atoms with Gasteiger partial charge in [0.05, 0.1) is 6.04 Å². The molecule has 10 heteroatoms. The molecular formula is C24H23ClN3NaO5. The molecule has 2 amide bonds. The van der Waals surface area contributed by atoms with Gasteiger partial charge in [0.15, 0.2) is 5.69 Å². The zero-order valence-corrected chi connectivity index (χ0v) is 21.8. The van der Waals surface area contributed by atoms with Crippen LogP contribution in [0.3, 0.4) is 0 Å². The maximum atomic E-state index is 12.5. The van der Waals surface area contributed by atoms with Gasteiger partial charge in [-0.15, -0.1) is 0 Å². The Morgan fingerprint density at radius 3 is 2.41 bits per heavy atom. The van der Waals surface area contributed by atoms with E-state index in [1.54, 1.807) is 19.1 Å². The molecule has 2 aromatic carbocycles. The first kappa shape index (κ1) is 27.5. The Morgan fingerprint density at radius 2 is 1.79 bits per heavy atom. The molecule has 172 valence electrons. The number of amides is 2. The van der Waals surface area contributed by atoms with E-state index in [2.05, 4.69) is 10.6 Å². The number of nitrogens with zero attached hydrogens (tertiary/aromatic N) is 1. The van der Waals surface area contributed by atoms with Crippen molar-refractivity contribution >= 4 is 29.3 Å². The summed E-state index contributed by atoms with van der Waals surface area (Å²) >= 11 is 6.21. The van der Waals surface area contributed by atoms with Crippen LogP contribution >= 0.6 is 11.6 Å². The number of aromatic nitrogens is 1. The predicted molar refractivity (Wildman–Crippen MR) is 123 cm³/mol. The molecule has 0 unspecified atom stereocenters. The normalized spacial score (nSPS) is 11.3. The zero-order chi connectivity index (χ0) is 24.1. The summed E-state index contributed by atoms with van der Waals surface area (Å²) in [5, 5.41) is 26.9. The van der Waals surface area contributed by atoms with Crippen LogP contribution in [0.25, 0.3) is 0 Å². The summed E-state index contributed by atoms with van der Waals surface area (Å²) in [4.78, 5) is 36.1. The Bertz CT molecular complexity index is 1240. The van der Waals surface area contributed by atoms with E-state index in [1.165, 1.54) is 17.8 Å². The number of benzene rings is 2. The summed E-state index contributed by atoms with van der Waals surface area (Å²) in [6.07, 6.45) is 1.55. The predicted octanol–water partition coefficient (Wildman–Crippen LogP) is -0.350. The SMILES string of the molecule is Cc1cn(C)c(=O)c(NC(=O)N[C@@H](CC(=O)[O-])c2ccc(Cc3ccccc3Cl)cc2)c1O.[Na+]. The van der Waals surface area contributed by atoms with Crippen LogP contribution < -0.4 is 50.9 Å². The Morgan fingerprint density at radius 1 is 1.15 bits per heavy atom. The number of carbonyl (C=O) groups excluding carboxylic acids is 2. The second-order valence-corrected chi connectivity index (χ2v) is 8.10. The number of carbonyl (C=O) groups is 2. The number of carboxylic acids is 1. The quantitative estimate of drug-likeness (QED) is 0.390. The first-order chi connectivity index (χ1) is 15.7. The molecule has 0 saturated carbocycles. The molecule has 0 aliphatic carbocycles. The van der Waals surface area contributed by atoms with Gasteiger partial charge in [-0.05, 0) is 36.1 Å². The van der Waals surface area contributed by atoms with Gasteiger partial charge in [0.1, 0.15) is 5.75 Å². The van der Waals surface area contributed by atoms with E-state index in [1.807, 2.05) is 36.4 Å². The minimum atomic E-state index is -1.35. The summed E-state index contributed by atoms with van der Waals surface area (Å²) in [5.41, 5.74) is 1.95. The third-order valence-corrected chi connectivity index (χ3v) is 5.55. The van der Waals surface area contributed by atoms with Crippen molar-refractivity contribution in [1.82, 2.24) is 9.88 Å². The molecule has 1 heterocycles. The summed E-state index contributed by atoms with van der Waals surface area (Å²) in [6.45, 7) is 1.58. The summed E-state index contributed by atoms with van der Waals surface area (Å²) in [7, 11) is 1.49. The third-order valence-electron chi connectivity index (χ3n) is 5.18. The molecule has 34 heavy (non-hydrogen) atoms. The molecule has 3 N–H and O–H groups in total. The van der Waals surface area contributed by atoms with E-state index in [-0.39, 0.29) is 41.0 Å². The van der Waals surface area contributed by atoms with Gasteiger partial charge in [-0.1, -0.05) is 54.1 Å². The van der Waals surface area contributed by atoms with Crippen LogP contribution in [0.2, 0.25) is 5.02 Å². The topological polar surface area (TPSA) is 123 Å². The van der Waals surface area contributed by atoms with Gasteiger partial charge in [-0.3, -0.25) is 4.79 Å². The molecule has 0 bridgehead atoms. The maximum absolute atomic E-state index is 12.5. The molecule has 3 rings (SSSR count). The third kappa shape index (κ3) is 6.87. The van der Waals surface area contributed by atoms with E-state index in [4.69, 9.17) is 11.6 Å². The van der Waals surface area contributed by atoms with E-state index in [9.17, 15) is 24.6 Å². The van der Waals surface area contributed by atoms with Crippen LogP contribution in [-0.4, -0.2) is 21.7 Å². The van der Waals surface area contributed by atoms with Crippen LogP contribution in [0.5, 0.6) is 5.75 Å². The fourth-order valence-electron chi connectivity index (χ4n) is 3.45. The van der Waals surface area contributed by atoms with E-state index in [0.717, 1.165) is 11.1 Å². The smallest absolute Gasteiger partial charge is 0.550 e. The summed E-state index contributed by atoms with van der Waals surface area (Å²) in [6, 6.07) is 12.8. The summed E-state index contributed by atoms with van der Waals surface area (Å²) in [5.74, 6) is -1.71. The van der Waals surface area contributed by atoms with Crippen molar-refractivity contribution in [3.63, 3.8) is 0 Å². The molecule has 3 aromatic rings. The second-order valence-electron chi connectivity index (χ2n) is 7.69. The van der Waals surface area contributed by atoms with Crippen molar-refractivity contribution in [2.75, 3.05) is 5.32 Å². The zero-order valence-electron chi connectivity index (χ0n) is 19.1. The van der Waals surface area contributed by atoms with Gasteiger partial charge in [-0.25, -0.2) is 4.79 Å². The molecule has 0 aliphatic rings.